The summed E-state index contributed by atoms with van der Waals surface area (Å²) in [5.74, 6) is -9.95. The first-order chi connectivity index (χ1) is 28.6. The zero-order valence-electron chi connectivity index (χ0n) is 34.8. The van der Waals surface area contributed by atoms with Gasteiger partial charge < -0.3 is 29.7 Å². The summed E-state index contributed by atoms with van der Waals surface area (Å²) in [5, 5.41) is 4.22. The molecule has 3 N–H and O–H groups in total. The van der Waals surface area contributed by atoms with Crippen molar-refractivity contribution in [1.29, 1.82) is 0 Å². The maximum absolute atomic E-state index is 16.5. The first-order valence-corrected chi connectivity index (χ1v) is 22.5. The number of benzene rings is 1. The van der Waals surface area contributed by atoms with Gasteiger partial charge in [-0.05, 0) is 74.8 Å². The van der Waals surface area contributed by atoms with E-state index in [9.17, 15) is 36.4 Å². The molecule has 1 aromatic carbocycles. The van der Waals surface area contributed by atoms with E-state index < -0.39 is 129 Å². The van der Waals surface area contributed by atoms with Gasteiger partial charge in [-0.25, -0.2) is 32.0 Å². The highest BCUT2D eigenvalue weighted by atomic mass is 32.2. The number of nitrogens with zero attached hydrogens (tertiary/aromatic N) is 3. The van der Waals surface area contributed by atoms with Gasteiger partial charge in [0.25, 0.3) is 11.8 Å². The van der Waals surface area contributed by atoms with Crippen molar-refractivity contribution in [3.05, 3.63) is 23.9 Å². The van der Waals surface area contributed by atoms with Crippen LogP contribution in [0.4, 0.5) is 22.4 Å². The van der Waals surface area contributed by atoms with Crippen LogP contribution in [0.15, 0.2) is 18.2 Å². The number of alkyl halides is 4. The lowest BCUT2D eigenvalue weighted by Gasteiger charge is -2.37. The van der Waals surface area contributed by atoms with Gasteiger partial charge in [0, 0.05) is 18.4 Å². The van der Waals surface area contributed by atoms with Gasteiger partial charge in [-0.1, -0.05) is 40.5 Å². The van der Waals surface area contributed by atoms with Gasteiger partial charge in [0.1, 0.15) is 35.6 Å². The largest absolute Gasteiger partial charge is 0.497 e. The number of aromatic nitrogens is 2. The van der Waals surface area contributed by atoms with Crippen LogP contribution < -0.4 is 24.8 Å². The van der Waals surface area contributed by atoms with Crippen LogP contribution in [-0.4, -0.2) is 102 Å². The third-order valence-electron chi connectivity index (χ3n) is 12.9. The van der Waals surface area contributed by atoms with Crippen LogP contribution in [0, 0.1) is 23.2 Å². The Bertz CT molecular complexity index is 2150. The van der Waals surface area contributed by atoms with Gasteiger partial charge >= 0.3 is 6.09 Å². The number of ether oxygens (including phenoxy) is 3. The summed E-state index contributed by atoms with van der Waals surface area (Å²) >= 11 is 0. The van der Waals surface area contributed by atoms with Gasteiger partial charge in [0.05, 0.1) is 35.9 Å². The summed E-state index contributed by atoms with van der Waals surface area (Å²) < 4.78 is 106. The zero-order valence-corrected chi connectivity index (χ0v) is 35.7. The summed E-state index contributed by atoms with van der Waals surface area (Å²) in [7, 11) is -2.80. The monoisotopic (exact) mass is 882 g/mol. The van der Waals surface area contributed by atoms with Gasteiger partial charge in [-0.15, -0.1) is 0 Å². The van der Waals surface area contributed by atoms with Crippen LogP contribution in [0.2, 0.25) is 0 Å². The molecule has 2 aliphatic heterocycles. The third kappa shape index (κ3) is 9.19. The van der Waals surface area contributed by atoms with Crippen LogP contribution in [0.25, 0.3) is 11.0 Å². The van der Waals surface area contributed by atoms with E-state index in [0.717, 1.165) is 24.2 Å². The maximum atomic E-state index is 16.5. The van der Waals surface area contributed by atoms with Gasteiger partial charge in [0.15, 0.2) is 5.69 Å². The van der Waals surface area contributed by atoms with E-state index in [1.54, 1.807) is 26.8 Å². The average molecular weight is 883 g/mol. The molecule has 336 valence electrons. The second-order valence-corrected chi connectivity index (χ2v) is 20.3. The van der Waals surface area contributed by atoms with E-state index in [1.807, 2.05) is 4.72 Å². The Labute approximate surface area is 351 Å². The Kier molecular flexibility index (Phi) is 12.2. The number of carbonyl (C=O) groups is 4. The van der Waals surface area contributed by atoms with Crippen molar-refractivity contribution >= 4 is 44.9 Å². The Hall–Kier alpha value is -4.49. The third-order valence-corrected chi connectivity index (χ3v) is 14.7. The Morgan fingerprint density at radius 1 is 0.984 bits per heavy atom. The molecule has 7 rings (SSSR count). The van der Waals surface area contributed by atoms with Crippen molar-refractivity contribution in [2.75, 3.05) is 13.7 Å². The predicted molar refractivity (Wildman–Crippen MR) is 211 cm³/mol. The predicted octanol–water partition coefficient (Wildman–Crippen LogP) is 5.35. The quantitative estimate of drug-likeness (QED) is 0.304. The number of methoxy groups -OCH3 is 1. The van der Waals surface area contributed by atoms with E-state index in [4.69, 9.17) is 14.2 Å². The van der Waals surface area contributed by atoms with E-state index in [-0.39, 0.29) is 36.2 Å². The molecule has 8 unspecified atom stereocenters. The second kappa shape index (κ2) is 16.7. The van der Waals surface area contributed by atoms with Crippen LogP contribution >= 0.6 is 0 Å². The fourth-order valence-corrected chi connectivity index (χ4v) is 10.3. The number of fused-ring (bicyclic) bond motifs is 5. The zero-order chi connectivity index (χ0) is 44.2. The Morgan fingerprint density at radius 3 is 2.31 bits per heavy atom. The summed E-state index contributed by atoms with van der Waals surface area (Å²) in [6.45, 7) is 6.08. The molecule has 2 aromatic rings. The van der Waals surface area contributed by atoms with E-state index >= 15 is 8.78 Å². The minimum Gasteiger partial charge on any atom is -0.497 e. The molecule has 4 amide bonds. The van der Waals surface area contributed by atoms with Crippen LogP contribution in [0.5, 0.6) is 11.6 Å². The summed E-state index contributed by atoms with van der Waals surface area (Å²) in [4.78, 5) is 66.5. The van der Waals surface area contributed by atoms with E-state index in [2.05, 4.69) is 20.6 Å². The molecule has 0 spiro atoms. The van der Waals surface area contributed by atoms with Crippen molar-refractivity contribution in [3.8, 4) is 11.6 Å². The lowest BCUT2D eigenvalue weighted by molar-refractivity contribution is -0.143. The molecule has 2 bridgehead atoms. The van der Waals surface area contributed by atoms with E-state index in [0.29, 0.717) is 25.0 Å². The maximum Gasteiger partial charge on any atom is 0.408 e. The molecule has 1 saturated heterocycles. The molecule has 3 aliphatic carbocycles. The highest BCUT2D eigenvalue weighted by Crippen LogP contribution is 2.49. The van der Waals surface area contributed by atoms with Crippen LogP contribution in [0.1, 0.15) is 104 Å². The fraction of sp³-hybridized carbons (Fsp3) is 0.707. The summed E-state index contributed by atoms with van der Waals surface area (Å²) in [6, 6.07) is 1.58. The molecule has 5 aliphatic rings. The highest BCUT2D eigenvalue weighted by molar-refractivity contribution is 7.91. The molecule has 15 nitrogen and oxygen atoms in total. The molecular formula is C41H54F4N6O9S. The highest BCUT2D eigenvalue weighted by Gasteiger charge is 2.67. The van der Waals surface area contributed by atoms with Crippen molar-refractivity contribution in [2.45, 2.75) is 146 Å². The number of hydrogen-bond acceptors (Lipinski definition) is 11. The molecular weight excluding hydrogens is 829 g/mol. The molecule has 3 saturated carbocycles. The lowest BCUT2D eigenvalue weighted by Crippen LogP contribution is -2.61. The molecule has 0 radical (unpaired) electrons. The molecule has 3 heterocycles. The Balaban J connectivity index is 1.29. The number of sulfonamides is 1. The van der Waals surface area contributed by atoms with Crippen molar-refractivity contribution in [3.63, 3.8) is 0 Å². The van der Waals surface area contributed by atoms with Gasteiger partial charge in [0.2, 0.25) is 34.1 Å². The molecule has 1 aromatic heterocycles. The second-order valence-electron chi connectivity index (χ2n) is 18.3. The lowest BCUT2D eigenvalue weighted by atomic mass is 9.83. The number of halogens is 4. The first-order valence-electron chi connectivity index (χ1n) is 21.0. The standard InChI is InChI=1S/C41H54F4N6O9S/c1-21-29-20-51(30(21)34(52)49-40(19-25(40)33(42)43)37(54)50-61(56,57)24-14-15-24)36(53)32(39(2,3)4)48-38(55)60-28-12-7-6-10-22(28)11-8-9-17-41(44,45)31-35(59-29)47-27-18-23(58-5)13-16-26(27)46-31/h13,16,18,21-22,24-25,28-30,32-33H,6-12,14-15,17,19-20H2,1-5H3,(H,48,55)(H,49,52)(H,50,54). The summed E-state index contributed by atoms with van der Waals surface area (Å²) in [5.41, 5.74) is -3.82. The minimum absolute atomic E-state index is 0.0948. The smallest absolute Gasteiger partial charge is 0.408 e. The molecule has 4 fully saturated rings. The normalized spacial score (nSPS) is 31.0. The fourth-order valence-electron chi connectivity index (χ4n) is 8.99. The Morgan fingerprint density at radius 2 is 1.67 bits per heavy atom. The number of hydrogen-bond donors (Lipinski definition) is 3. The molecule has 20 heteroatoms. The average Bonchev–Trinajstić information content (AvgIpc) is 4.12. The van der Waals surface area contributed by atoms with E-state index in [1.165, 1.54) is 26.2 Å². The van der Waals surface area contributed by atoms with Gasteiger partial charge in [-0.3, -0.25) is 19.1 Å². The minimum atomic E-state index is -4.22. The number of carbonyl (C=O) groups excluding carboxylic acids is 4. The van der Waals surface area contributed by atoms with Crippen LogP contribution in [-0.2, 0) is 35.1 Å². The summed E-state index contributed by atoms with van der Waals surface area (Å²) in [6.07, 6.45) is -2.51. The molecule has 61 heavy (non-hydrogen) atoms. The number of nitrogens with one attached hydrogen (secondary N) is 3. The van der Waals surface area contributed by atoms with Gasteiger partial charge in [-0.2, -0.15) is 8.78 Å². The van der Waals surface area contributed by atoms with Crippen LogP contribution in [0.3, 0.4) is 0 Å². The first kappa shape index (κ1) is 44.6. The SMILES string of the molecule is COc1ccc2nc3c(nc2c1)OC1CN(C(=O)C(C(C)(C)C)NC(=O)OC2CCCCC2CCCCC3(F)F)C(C(=O)NC2(C(=O)NS(=O)(=O)C3CC3)CC2C(F)F)C1C. The number of rotatable bonds is 7. The van der Waals surface area contributed by atoms with Crippen molar-refractivity contribution in [1.82, 2.24) is 30.2 Å². The molecule has 8 atom stereocenters. The number of alkyl carbamates (subject to hydrolysis) is 1. The van der Waals surface area contributed by atoms with Crippen molar-refractivity contribution in [2.24, 2.45) is 23.2 Å². The topological polar surface area (TPSA) is 195 Å². The van der Waals surface area contributed by atoms with Crippen molar-refractivity contribution < 1.29 is 59.4 Å². The number of amides is 4.